The Morgan fingerprint density at radius 1 is 0.727 bits per heavy atom. The molecule has 0 radical (unpaired) electrons. The van der Waals surface area contributed by atoms with E-state index in [1.807, 2.05) is 0 Å². The van der Waals surface area contributed by atoms with E-state index in [2.05, 4.69) is 6.13 Å². The summed E-state index contributed by atoms with van der Waals surface area (Å²) >= 11 is -3.36. The van der Waals surface area contributed by atoms with Crippen molar-refractivity contribution in [3.05, 3.63) is 31.4 Å². The van der Waals surface area contributed by atoms with Crippen LogP contribution >= 0.6 is 0 Å². The number of hydrogen-bond acceptors (Lipinski definition) is 4. The van der Waals surface area contributed by atoms with Gasteiger partial charge in [0.1, 0.15) is 0 Å². The fraction of sp³-hybridized carbons (Fsp3) is 0.200. The first kappa shape index (κ1) is 19.2. The van der Waals surface area contributed by atoms with Crippen LogP contribution in [0.1, 0.15) is 0 Å². The maximum absolute atomic E-state index is 11.9. The van der Waals surface area contributed by atoms with Crippen molar-refractivity contribution in [2.75, 3.05) is 0 Å². The molecule has 0 N–H and O–H groups in total. The Bertz CT molecular complexity index is 491. The second-order valence-electron chi connectivity index (χ2n) is 3.32. The number of halogens is 8. The zero-order chi connectivity index (χ0) is 17.0. The van der Waals surface area contributed by atoms with Crippen LogP contribution in [0, 0.1) is 7.14 Å². The summed E-state index contributed by atoms with van der Waals surface area (Å²) in [4.78, 5) is 21.0. The average Bonchev–Trinajstić information content (AvgIpc) is 2.41. The zero-order valence-corrected chi connectivity index (χ0v) is 14.3. The van der Waals surface area contributed by atoms with Crippen molar-refractivity contribution in [2.24, 2.45) is 0 Å². The first-order chi connectivity index (χ1) is 10.00. The Hall–Kier alpha value is -0.800. The van der Waals surface area contributed by atoms with Crippen LogP contribution in [-0.4, -0.2) is 24.3 Å². The van der Waals surface area contributed by atoms with Gasteiger partial charge in [-0.3, -0.25) is 0 Å². The molecular weight excluding hydrogens is 552 g/mol. The van der Waals surface area contributed by atoms with Gasteiger partial charge in [-0.15, -0.1) is 0 Å². The third kappa shape index (κ3) is 6.53. The standard InChI is InChI=1S/C10H4F6I2O4/c11-9(12,13)7(19)21-17-5-1-2-6(4-3-5)18-22-8(20)10(14,15)16/h1-4H/q-2. The SMILES string of the molecule is O=C(O[I-]c1ccc([I-]OC(=O)C(F)(F)F)cc1)C(F)(F)F. The molecule has 0 fully saturated rings. The van der Waals surface area contributed by atoms with E-state index in [4.69, 9.17) is 0 Å². The molecule has 0 aliphatic carbocycles. The molecule has 1 aromatic carbocycles. The van der Waals surface area contributed by atoms with E-state index in [1.54, 1.807) is 0 Å². The predicted molar refractivity (Wildman–Crippen MR) is 48.1 cm³/mol. The normalized spacial score (nSPS) is 12.3. The van der Waals surface area contributed by atoms with Gasteiger partial charge >= 0.3 is 141 Å². The summed E-state index contributed by atoms with van der Waals surface area (Å²) in [6.07, 6.45) is -10.1. The Balaban J connectivity index is 2.50. The molecule has 0 saturated heterocycles. The molecule has 1 rings (SSSR count). The van der Waals surface area contributed by atoms with Crippen LogP contribution in [0.25, 0.3) is 0 Å². The molecule has 12 heteroatoms. The minimum absolute atomic E-state index is 0.311. The second-order valence-corrected chi connectivity index (χ2v) is 7.57. The molecule has 0 unspecified atom stereocenters. The number of carbonyl (C=O) groups excluding carboxylic acids is 2. The summed E-state index contributed by atoms with van der Waals surface area (Å²) in [5.74, 6) is -4.59. The molecule has 0 heterocycles. The summed E-state index contributed by atoms with van der Waals surface area (Å²) in [6.45, 7) is 0. The molecule has 0 aliphatic heterocycles. The molecule has 0 spiro atoms. The number of alkyl halides is 6. The van der Waals surface area contributed by atoms with Crippen LogP contribution in [0.3, 0.4) is 0 Å². The fourth-order valence-electron chi connectivity index (χ4n) is 0.779. The molecule has 0 amide bonds. The molecule has 0 saturated carbocycles. The van der Waals surface area contributed by atoms with E-state index in [0.717, 1.165) is 0 Å². The molecular formula is C10H4F6I2O4-2. The molecule has 22 heavy (non-hydrogen) atoms. The van der Waals surface area contributed by atoms with Crippen molar-refractivity contribution >= 4 is 11.9 Å². The Labute approximate surface area is 140 Å². The Kier molecular flexibility index (Phi) is 6.69. The first-order valence-corrected chi connectivity index (χ1v) is 8.88. The third-order valence-electron chi connectivity index (χ3n) is 1.66. The van der Waals surface area contributed by atoms with Crippen molar-refractivity contribution in [1.82, 2.24) is 0 Å². The minimum atomic E-state index is -5.07. The average molecular weight is 556 g/mol. The molecule has 126 valence electrons. The topological polar surface area (TPSA) is 52.6 Å². The molecule has 4 nitrogen and oxygen atoms in total. The van der Waals surface area contributed by atoms with E-state index in [1.165, 1.54) is 24.3 Å². The molecule has 0 atom stereocenters. The second kappa shape index (κ2) is 7.65. The van der Waals surface area contributed by atoms with Crippen LogP contribution in [0.4, 0.5) is 26.3 Å². The molecule has 1 aromatic rings. The van der Waals surface area contributed by atoms with Crippen molar-refractivity contribution in [3.63, 3.8) is 0 Å². The van der Waals surface area contributed by atoms with E-state index >= 15 is 0 Å². The summed E-state index contributed by atoms with van der Waals surface area (Å²) in [5, 5.41) is 0. The van der Waals surface area contributed by atoms with Crippen LogP contribution in [0.15, 0.2) is 24.3 Å². The quantitative estimate of drug-likeness (QED) is 0.283. The van der Waals surface area contributed by atoms with Crippen molar-refractivity contribution in [1.29, 1.82) is 0 Å². The van der Waals surface area contributed by atoms with Crippen LogP contribution in [-0.2, 0) is 15.7 Å². The van der Waals surface area contributed by atoms with Gasteiger partial charge in [0.15, 0.2) is 0 Å². The third-order valence-corrected chi connectivity index (χ3v) is 5.36. The summed E-state index contributed by atoms with van der Waals surface area (Å²) in [7, 11) is 0. The Morgan fingerprint density at radius 3 is 1.23 bits per heavy atom. The predicted octanol–water partition coefficient (Wildman–Crippen LogP) is -3.76. The van der Waals surface area contributed by atoms with Gasteiger partial charge in [0.05, 0.1) is 0 Å². The van der Waals surface area contributed by atoms with Gasteiger partial charge < -0.3 is 0 Å². The van der Waals surface area contributed by atoms with E-state index < -0.39 is 67.5 Å². The zero-order valence-electron chi connectivity index (χ0n) is 9.97. The molecule has 0 aromatic heterocycles. The fourth-order valence-corrected chi connectivity index (χ4v) is 3.49. The van der Waals surface area contributed by atoms with Crippen LogP contribution in [0.2, 0.25) is 0 Å². The number of benzene rings is 1. The number of rotatable bonds is 4. The number of hydrogen-bond donors (Lipinski definition) is 0. The first-order valence-electron chi connectivity index (χ1n) is 4.96. The van der Waals surface area contributed by atoms with Gasteiger partial charge in [-0.1, -0.05) is 0 Å². The Morgan fingerprint density at radius 2 is 1.00 bits per heavy atom. The summed E-state index contributed by atoms with van der Waals surface area (Å²) in [5.41, 5.74) is 0. The molecule has 0 aliphatic rings. The van der Waals surface area contributed by atoms with E-state index in [-0.39, 0.29) is 0 Å². The monoisotopic (exact) mass is 556 g/mol. The van der Waals surface area contributed by atoms with Crippen LogP contribution in [0.5, 0.6) is 0 Å². The van der Waals surface area contributed by atoms with Gasteiger partial charge in [0.25, 0.3) is 0 Å². The van der Waals surface area contributed by atoms with Crippen LogP contribution < -0.4 is 43.2 Å². The van der Waals surface area contributed by atoms with E-state index in [0.29, 0.717) is 7.14 Å². The summed E-state index contributed by atoms with van der Waals surface area (Å²) < 4.78 is 80.2. The van der Waals surface area contributed by atoms with Gasteiger partial charge in [0, 0.05) is 0 Å². The van der Waals surface area contributed by atoms with Crippen molar-refractivity contribution < 1.29 is 85.3 Å². The van der Waals surface area contributed by atoms with Gasteiger partial charge in [-0.05, 0) is 0 Å². The van der Waals surface area contributed by atoms with Gasteiger partial charge in [-0.25, -0.2) is 0 Å². The van der Waals surface area contributed by atoms with Crippen molar-refractivity contribution in [3.8, 4) is 0 Å². The van der Waals surface area contributed by atoms with Crippen molar-refractivity contribution in [2.45, 2.75) is 12.4 Å². The maximum atomic E-state index is 11.9. The number of carbonyl (C=O) groups is 2. The van der Waals surface area contributed by atoms with Gasteiger partial charge in [0.2, 0.25) is 0 Å². The van der Waals surface area contributed by atoms with E-state index in [9.17, 15) is 35.9 Å². The van der Waals surface area contributed by atoms with Gasteiger partial charge in [-0.2, -0.15) is 0 Å². The summed E-state index contributed by atoms with van der Waals surface area (Å²) in [6, 6.07) is 5.20. The molecule has 0 bridgehead atoms.